The molecule has 0 saturated carbocycles. The third kappa shape index (κ3) is 3.36. The summed E-state index contributed by atoms with van der Waals surface area (Å²) < 4.78 is 0. The van der Waals surface area contributed by atoms with Crippen LogP contribution in [-0.4, -0.2) is 5.78 Å². The van der Waals surface area contributed by atoms with E-state index >= 15 is 0 Å². The zero-order chi connectivity index (χ0) is 12.1. The summed E-state index contributed by atoms with van der Waals surface area (Å²) in [4.78, 5) is 11.8. The number of allylic oxidation sites excluding steroid dienone is 2. The van der Waals surface area contributed by atoms with Crippen LogP contribution in [0.5, 0.6) is 0 Å². The zero-order valence-electron chi connectivity index (χ0n) is 9.39. The van der Waals surface area contributed by atoms with Gasteiger partial charge in [0.05, 0.1) is 10.0 Å². The van der Waals surface area contributed by atoms with Crippen LogP contribution >= 0.6 is 23.2 Å². The van der Waals surface area contributed by atoms with Gasteiger partial charge in [0.2, 0.25) is 0 Å². The van der Waals surface area contributed by atoms with Crippen molar-refractivity contribution in [2.45, 2.75) is 26.7 Å². The van der Waals surface area contributed by atoms with E-state index in [9.17, 15) is 4.79 Å². The maximum absolute atomic E-state index is 11.8. The topological polar surface area (TPSA) is 17.1 Å². The minimum Gasteiger partial charge on any atom is -0.294 e. The summed E-state index contributed by atoms with van der Waals surface area (Å²) in [6.07, 6.45) is 3.00. The van der Waals surface area contributed by atoms with E-state index in [-0.39, 0.29) is 5.78 Å². The van der Waals surface area contributed by atoms with Crippen molar-refractivity contribution in [1.82, 2.24) is 0 Å². The van der Waals surface area contributed by atoms with Gasteiger partial charge in [0.15, 0.2) is 5.78 Å². The van der Waals surface area contributed by atoms with Gasteiger partial charge in [-0.3, -0.25) is 4.79 Å². The standard InChI is InChI=1S/C13H14Cl2O/c1-3-10(4-2)13(16)8-9-5-6-11(14)12(15)7-9/h3,5-7H,4,8H2,1-2H3/b10-3-. The van der Waals surface area contributed by atoms with E-state index in [4.69, 9.17) is 23.2 Å². The number of carbonyl (C=O) groups is 1. The molecule has 1 nitrogen and oxygen atoms in total. The molecule has 0 unspecified atom stereocenters. The van der Waals surface area contributed by atoms with Gasteiger partial charge < -0.3 is 0 Å². The Hall–Kier alpha value is -0.790. The van der Waals surface area contributed by atoms with Gasteiger partial charge in [0.25, 0.3) is 0 Å². The average Bonchev–Trinajstić information content (AvgIpc) is 2.25. The zero-order valence-corrected chi connectivity index (χ0v) is 10.9. The molecule has 0 radical (unpaired) electrons. The van der Waals surface area contributed by atoms with E-state index in [2.05, 4.69) is 0 Å². The van der Waals surface area contributed by atoms with Gasteiger partial charge in [-0.1, -0.05) is 42.3 Å². The predicted octanol–water partition coefficient (Wildman–Crippen LogP) is 4.46. The summed E-state index contributed by atoms with van der Waals surface area (Å²) >= 11 is 11.7. The van der Waals surface area contributed by atoms with Crippen LogP contribution in [0.2, 0.25) is 10.0 Å². The highest BCUT2D eigenvalue weighted by atomic mass is 35.5. The van der Waals surface area contributed by atoms with Crippen molar-refractivity contribution >= 4 is 29.0 Å². The highest BCUT2D eigenvalue weighted by Crippen LogP contribution is 2.23. The summed E-state index contributed by atoms with van der Waals surface area (Å²) in [6.45, 7) is 3.85. The van der Waals surface area contributed by atoms with E-state index < -0.39 is 0 Å². The van der Waals surface area contributed by atoms with Crippen LogP contribution in [0.3, 0.4) is 0 Å². The Morgan fingerprint density at radius 3 is 2.50 bits per heavy atom. The second-order valence-corrected chi connectivity index (χ2v) is 4.33. The molecule has 0 atom stereocenters. The van der Waals surface area contributed by atoms with Crippen LogP contribution in [-0.2, 0) is 11.2 Å². The average molecular weight is 257 g/mol. The largest absolute Gasteiger partial charge is 0.294 e. The minimum absolute atomic E-state index is 0.142. The maximum Gasteiger partial charge on any atom is 0.162 e. The molecule has 0 spiro atoms. The monoisotopic (exact) mass is 256 g/mol. The molecule has 16 heavy (non-hydrogen) atoms. The van der Waals surface area contributed by atoms with Gasteiger partial charge in [-0.25, -0.2) is 0 Å². The van der Waals surface area contributed by atoms with E-state index in [1.165, 1.54) is 0 Å². The molecular weight excluding hydrogens is 243 g/mol. The molecule has 86 valence electrons. The highest BCUT2D eigenvalue weighted by molar-refractivity contribution is 6.42. The first-order valence-electron chi connectivity index (χ1n) is 5.20. The molecular formula is C13H14Cl2O. The molecule has 0 saturated heterocycles. The highest BCUT2D eigenvalue weighted by Gasteiger charge is 2.08. The van der Waals surface area contributed by atoms with Crippen LogP contribution in [0, 0.1) is 0 Å². The molecule has 0 N–H and O–H groups in total. The number of rotatable bonds is 4. The fourth-order valence-electron chi connectivity index (χ4n) is 1.51. The lowest BCUT2D eigenvalue weighted by Crippen LogP contribution is -2.05. The van der Waals surface area contributed by atoms with Gasteiger partial charge in [0.1, 0.15) is 0 Å². The number of ketones is 1. The van der Waals surface area contributed by atoms with Gasteiger partial charge in [0, 0.05) is 6.42 Å². The summed E-state index contributed by atoms with van der Waals surface area (Å²) in [5, 5.41) is 1.00. The fraction of sp³-hybridized carbons (Fsp3) is 0.308. The van der Waals surface area contributed by atoms with E-state index in [0.29, 0.717) is 16.5 Å². The lowest BCUT2D eigenvalue weighted by atomic mass is 10.0. The Kier molecular flexibility index (Phi) is 5.04. The minimum atomic E-state index is 0.142. The lowest BCUT2D eigenvalue weighted by molar-refractivity contribution is -0.115. The Labute approximate surface area is 106 Å². The molecule has 0 aromatic heterocycles. The summed E-state index contributed by atoms with van der Waals surface area (Å²) in [5.74, 6) is 0.142. The van der Waals surface area contributed by atoms with Crippen LogP contribution in [0.15, 0.2) is 29.8 Å². The van der Waals surface area contributed by atoms with Gasteiger partial charge in [-0.15, -0.1) is 0 Å². The number of hydrogen-bond donors (Lipinski definition) is 0. The van der Waals surface area contributed by atoms with Crippen molar-refractivity contribution < 1.29 is 4.79 Å². The summed E-state index contributed by atoms with van der Waals surface area (Å²) in [5.41, 5.74) is 1.75. The van der Waals surface area contributed by atoms with Crippen LogP contribution in [0.25, 0.3) is 0 Å². The van der Waals surface area contributed by atoms with E-state index in [0.717, 1.165) is 17.6 Å². The van der Waals surface area contributed by atoms with Crippen molar-refractivity contribution in [3.05, 3.63) is 45.5 Å². The third-order valence-electron chi connectivity index (χ3n) is 2.44. The quantitative estimate of drug-likeness (QED) is 0.727. The first-order valence-corrected chi connectivity index (χ1v) is 5.96. The maximum atomic E-state index is 11.8. The number of Topliss-reactive ketones (excluding diaryl/α,β-unsaturated/α-hetero) is 1. The molecule has 0 amide bonds. The van der Waals surface area contributed by atoms with Gasteiger partial charge in [-0.05, 0) is 36.6 Å². The Balaban J connectivity index is 2.81. The van der Waals surface area contributed by atoms with Crippen molar-refractivity contribution in [3.63, 3.8) is 0 Å². The summed E-state index contributed by atoms with van der Waals surface area (Å²) in [7, 11) is 0. The number of halogens is 2. The molecule has 0 aliphatic heterocycles. The van der Waals surface area contributed by atoms with Gasteiger partial charge >= 0.3 is 0 Å². The number of hydrogen-bond acceptors (Lipinski definition) is 1. The Morgan fingerprint density at radius 2 is 2.00 bits per heavy atom. The number of carbonyl (C=O) groups excluding carboxylic acids is 1. The fourth-order valence-corrected chi connectivity index (χ4v) is 1.83. The van der Waals surface area contributed by atoms with Crippen LogP contribution in [0.4, 0.5) is 0 Å². The molecule has 1 aromatic rings. The van der Waals surface area contributed by atoms with Crippen LogP contribution < -0.4 is 0 Å². The molecule has 3 heteroatoms. The molecule has 0 fully saturated rings. The molecule has 1 rings (SSSR count). The first-order chi connectivity index (χ1) is 7.58. The summed E-state index contributed by atoms with van der Waals surface area (Å²) in [6, 6.07) is 5.29. The SMILES string of the molecule is C/C=C(/CC)C(=O)Cc1ccc(Cl)c(Cl)c1. The molecule has 1 aromatic carbocycles. The van der Waals surface area contributed by atoms with Crippen molar-refractivity contribution in [3.8, 4) is 0 Å². The lowest BCUT2D eigenvalue weighted by Gasteiger charge is -2.04. The molecule has 0 aliphatic rings. The Bertz CT molecular complexity index is 422. The van der Waals surface area contributed by atoms with E-state index in [1.54, 1.807) is 12.1 Å². The van der Waals surface area contributed by atoms with E-state index in [1.807, 2.05) is 26.0 Å². The first kappa shape index (κ1) is 13.3. The molecule has 0 bridgehead atoms. The molecule has 0 aliphatic carbocycles. The van der Waals surface area contributed by atoms with Gasteiger partial charge in [-0.2, -0.15) is 0 Å². The molecule has 0 heterocycles. The van der Waals surface area contributed by atoms with Crippen LogP contribution in [0.1, 0.15) is 25.8 Å². The normalized spacial score (nSPS) is 11.6. The predicted molar refractivity (Wildman–Crippen MR) is 69.2 cm³/mol. The smallest absolute Gasteiger partial charge is 0.162 e. The second kappa shape index (κ2) is 6.07. The van der Waals surface area contributed by atoms with Crippen molar-refractivity contribution in [2.75, 3.05) is 0 Å². The second-order valence-electron chi connectivity index (χ2n) is 3.52. The van der Waals surface area contributed by atoms with Crippen molar-refractivity contribution in [2.24, 2.45) is 0 Å². The van der Waals surface area contributed by atoms with Crippen molar-refractivity contribution in [1.29, 1.82) is 0 Å². The number of benzene rings is 1. The Morgan fingerprint density at radius 1 is 1.31 bits per heavy atom. The third-order valence-corrected chi connectivity index (χ3v) is 3.18.